The molecule has 1 atom stereocenters. The molecule has 0 saturated carbocycles. The highest BCUT2D eigenvalue weighted by Gasteiger charge is 2.25. The van der Waals surface area contributed by atoms with Gasteiger partial charge >= 0.3 is 0 Å². The van der Waals surface area contributed by atoms with Gasteiger partial charge < -0.3 is 0 Å². The fourth-order valence-corrected chi connectivity index (χ4v) is 4.00. The van der Waals surface area contributed by atoms with Gasteiger partial charge in [-0.2, -0.15) is 0 Å². The van der Waals surface area contributed by atoms with Crippen LogP contribution in [0.2, 0.25) is 0 Å². The molecule has 0 radical (unpaired) electrons. The quantitative estimate of drug-likeness (QED) is 0.542. The second kappa shape index (κ2) is 6.65. The van der Waals surface area contributed by atoms with Gasteiger partial charge in [-0.3, -0.25) is 0 Å². The molecule has 0 amide bonds. The third kappa shape index (κ3) is 2.78. The van der Waals surface area contributed by atoms with Gasteiger partial charge in [-0.15, -0.1) is 0 Å². The average Bonchev–Trinajstić information content (AvgIpc) is 3.26. The maximum absolute atomic E-state index is 2.42. The van der Waals surface area contributed by atoms with Gasteiger partial charge in [0, 0.05) is 5.92 Å². The molecule has 0 spiro atoms. The lowest BCUT2D eigenvalue weighted by Gasteiger charge is -2.12. The summed E-state index contributed by atoms with van der Waals surface area (Å²) in [5, 5.41) is 0. The zero-order valence-corrected chi connectivity index (χ0v) is 14.3. The van der Waals surface area contributed by atoms with Crippen molar-refractivity contribution in [1.29, 1.82) is 0 Å². The monoisotopic (exact) mass is 312 g/mol. The summed E-state index contributed by atoms with van der Waals surface area (Å²) in [5.41, 5.74) is 7.29. The molecule has 0 aliphatic heterocycles. The predicted molar refractivity (Wildman–Crippen MR) is 103 cm³/mol. The Morgan fingerprint density at radius 3 is 2.29 bits per heavy atom. The maximum atomic E-state index is 2.42. The van der Waals surface area contributed by atoms with Crippen molar-refractivity contribution < 1.29 is 0 Å². The topological polar surface area (TPSA) is 0 Å². The molecule has 24 heavy (non-hydrogen) atoms. The van der Waals surface area contributed by atoms with E-state index in [0.717, 1.165) is 12.8 Å². The third-order valence-electron chi connectivity index (χ3n) is 5.41. The van der Waals surface area contributed by atoms with E-state index >= 15 is 0 Å². The highest BCUT2D eigenvalue weighted by molar-refractivity contribution is 5.79. The van der Waals surface area contributed by atoms with Crippen LogP contribution >= 0.6 is 0 Å². The first-order valence-electron chi connectivity index (χ1n) is 9.05. The minimum atomic E-state index is 0.417. The van der Waals surface area contributed by atoms with Crippen LogP contribution in [0.5, 0.6) is 0 Å². The molecule has 0 aromatic heterocycles. The van der Waals surface area contributed by atoms with E-state index in [2.05, 4.69) is 85.8 Å². The maximum Gasteiger partial charge on any atom is 0.0281 e. The van der Waals surface area contributed by atoms with Crippen molar-refractivity contribution in [1.82, 2.24) is 0 Å². The van der Waals surface area contributed by atoms with Crippen LogP contribution in [0.3, 0.4) is 0 Å². The number of benzene rings is 2. The molecule has 2 aromatic carbocycles. The van der Waals surface area contributed by atoms with Gasteiger partial charge in [0.1, 0.15) is 0 Å². The Bertz CT molecular complexity index is 774. The summed E-state index contributed by atoms with van der Waals surface area (Å²) < 4.78 is 0. The molecule has 2 aliphatic carbocycles. The second-order valence-electron chi connectivity index (χ2n) is 6.93. The fraction of sp³-hybridized carbons (Fsp3) is 0.250. The van der Waals surface area contributed by atoms with Crippen molar-refractivity contribution in [3.05, 3.63) is 95.6 Å². The second-order valence-corrected chi connectivity index (χ2v) is 6.93. The molecule has 0 heterocycles. The molecule has 0 bridgehead atoms. The van der Waals surface area contributed by atoms with Gasteiger partial charge in [-0.05, 0) is 47.4 Å². The van der Waals surface area contributed by atoms with E-state index in [0.29, 0.717) is 11.8 Å². The Hall–Kier alpha value is -2.34. The first-order valence-corrected chi connectivity index (χ1v) is 9.05. The SMILES string of the molecule is CC(CCC=CC1c2ccccc2-c2ccccc21)C1=CC=CC1. The summed E-state index contributed by atoms with van der Waals surface area (Å²) in [6.07, 6.45) is 15.1. The van der Waals surface area contributed by atoms with Crippen LogP contribution in [0, 0.1) is 5.92 Å². The molecule has 0 N–H and O–H groups in total. The molecule has 2 aliphatic rings. The van der Waals surface area contributed by atoms with E-state index in [-0.39, 0.29) is 0 Å². The smallest absolute Gasteiger partial charge is 0.0281 e. The summed E-state index contributed by atoms with van der Waals surface area (Å²) in [5.74, 6) is 1.10. The zero-order chi connectivity index (χ0) is 16.4. The van der Waals surface area contributed by atoms with Crippen molar-refractivity contribution >= 4 is 0 Å². The number of fused-ring (bicyclic) bond motifs is 3. The largest absolute Gasteiger partial charge is 0.0876 e. The lowest BCUT2D eigenvalue weighted by Crippen LogP contribution is -1.97. The van der Waals surface area contributed by atoms with Crippen LogP contribution in [0.15, 0.2) is 84.5 Å². The minimum Gasteiger partial charge on any atom is -0.0876 e. The molecule has 0 saturated heterocycles. The lowest BCUT2D eigenvalue weighted by molar-refractivity contribution is 0.612. The highest BCUT2D eigenvalue weighted by Crippen LogP contribution is 2.45. The number of hydrogen-bond donors (Lipinski definition) is 0. The predicted octanol–water partition coefficient (Wildman–Crippen LogP) is 6.66. The summed E-state index contributed by atoms with van der Waals surface area (Å²) in [6.45, 7) is 2.35. The van der Waals surface area contributed by atoms with E-state index in [9.17, 15) is 0 Å². The highest BCUT2D eigenvalue weighted by atomic mass is 14.3. The molecule has 120 valence electrons. The van der Waals surface area contributed by atoms with Crippen LogP contribution in [-0.4, -0.2) is 0 Å². The molecule has 2 aromatic rings. The van der Waals surface area contributed by atoms with Gasteiger partial charge in [0.2, 0.25) is 0 Å². The van der Waals surface area contributed by atoms with Gasteiger partial charge in [0.25, 0.3) is 0 Å². The fourth-order valence-electron chi connectivity index (χ4n) is 4.00. The van der Waals surface area contributed by atoms with E-state index in [4.69, 9.17) is 0 Å². The van der Waals surface area contributed by atoms with Gasteiger partial charge in [-0.1, -0.05) is 91.4 Å². The zero-order valence-electron chi connectivity index (χ0n) is 14.3. The van der Waals surface area contributed by atoms with E-state index in [1.807, 2.05) is 0 Å². The molecule has 0 fully saturated rings. The third-order valence-corrected chi connectivity index (χ3v) is 5.41. The first kappa shape index (κ1) is 15.2. The Morgan fingerprint density at radius 1 is 1.00 bits per heavy atom. The average molecular weight is 312 g/mol. The Balaban J connectivity index is 1.48. The van der Waals surface area contributed by atoms with Crippen molar-refractivity contribution in [3.63, 3.8) is 0 Å². The van der Waals surface area contributed by atoms with Crippen LogP contribution in [-0.2, 0) is 0 Å². The summed E-state index contributed by atoms with van der Waals surface area (Å²) >= 11 is 0. The number of allylic oxidation sites excluding steroid dienone is 6. The van der Waals surface area contributed by atoms with Crippen LogP contribution < -0.4 is 0 Å². The van der Waals surface area contributed by atoms with E-state index in [1.165, 1.54) is 28.7 Å². The summed E-state index contributed by atoms with van der Waals surface area (Å²) in [7, 11) is 0. The van der Waals surface area contributed by atoms with Gasteiger partial charge in [-0.25, -0.2) is 0 Å². The van der Waals surface area contributed by atoms with Crippen molar-refractivity contribution in [3.8, 4) is 11.1 Å². The summed E-state index contributed by atoms with van der Waals surface area (Å²) in [6, 6.07) is 17.7. The Morgan fingerprint density at radius 2 is 1.67 bits per heavy atom. The van der Waals surface area contributed by atoms with Gasteiger partial charge in [0.05, 0.1) is 0 Å². The lowest BCUT2D eigenvalue weighted by atomic mass is 9.93. The normalized spacial score (nSPS) is 17.1. The van der Waals surface area contributed by atoms with Crippen LogP contribution in [0.25, 0.3) is 11.1 Å². The van der Waals surface area contributed by atoms with E-state index in [1.54, 1.807) is 5.57 Å². The molecule has 0 nitrogen and oxygen atoms in total. The molecular weight excluding hydrogens is 288 g/mol. The molecular formula is C24H24. The Labute approximate surface area is 145 Å². The standard InChI is InChI=1S/C24H24/c1-18(19-11-3-4-12-19)10-2-5-13-20-21-14-6-8-16-23(21)24-17-9-7-15-22(20)24/h3-9,11,13-18,20H,2,10,12H2,1H3. The van der Waals surface area contributed by atoms with Gasteiger partial charge in [0.15, 0.2) is 0 Å². The number of hydrogen-bond acceptors (Lipinski definition) is 0. The van der Waals surface area contributed by atoms with Crippen LogP contribution in [0.1, 0.15) is 43.2 Å². The number of rotatable bonds is 5. The molecule has 4 rings (SSSR count). The van der Waals surface area contributed by atoms with E-state index < -0.39 is 0 Å². The minimum absolute atomic E-state index is 0.417. The first-order chi connectivity index (χ1) is 11.8. The van der Waals surface area contributed by atoms with Crippen molar-refractivity contribution in [2.24, 2.45) is 5.92 Å². The summed E-state index contributed by atoms with van der Waals surface area (Å²) in [4.78, 5) is 0. The molecule has 0 heteroatoms. The van der Waals surface area contributed by atoms with Crippen molar-refractivity contribution in [2.75, 3.05) is 0 Å². The molecule has 1 unspecified atom stereocenters. The van der Waals surface area contributed by atoms with Crippen LogP contribution in [0.4, 0.5) is 0 Å². The van der Waals surface area contributed by atoms with Crippen molar-refractivity contribution in [2.45, 2.75) is 32.1 Å². The Kier molecular flexibility index (Phi) is 4.21.